The van der Waals surface area contributed by atoms with Gasteiger partial charge in [0.2, 0.25) is 0 Å². The van der Waals surface area contributed by atoms with E-state index in [1.807, 2.05) is 36.9 Å². The van der Waals surface area contributed by atoms with Gasteiger partial charge < -0.3 is 9.64 Å². The van der Waals surface area contributed by atoms with Crippen molar-refractivity contribution in [2.45, 2.75) is 32.6 Å². The van der Waals surface area contributed by atoms with Crippen LogP contribution >= 0.6 is 22.9 Å². The normalized spacial score (nSPS) is 14.0. The summed E-state index contributed by atoms with van der Waals surface area (Å²) in [5.74, 6) is 1.03. The van der Waals surface area contributed by atoms with Crippen LogP contribution in [0, 0.1) is 13.8 Å². The van der Waals surface area contributed by atoms with Crippen molar-refractivity contribution in [2.24, 2.45) is 0 Å². The Hall–Kier alpha value is -3.24. The summed E-state index contributed by atoms with van der Waals surface area (Å²) in [5, 5.41) is 12.1. The van der Waals surface area contributed by atoms with Gasteiger partial charge in [0, 0.05) is 31.4 Å². The van der Waals surface area contributed by atoms with Crippen molar-refractivity contribution in [3.63, 3.8) is 0 Å². The molecule has 1 saturated heterocycles. The Morgan fingerprint density at radius 3 is 2.63 bits per heavy atom. The van der Waals surface area contributed by atoms with Crippen LogP contribution in [0.5, 0.6) is 5.75 Å². The van der Waals surface area contributed by atoms with E-state index in [2.05, 4.69) is 20.6 Å². The van der Waals surface area contributed by atoms with E-state index < -0.39 is 0 Å². The first-order chi connectivity index (χ1) is 16.8. The number of benzene rings is 1. The highest BCUT2D eigenvalue weighted by molar-refractivity contribution is 7.09. The number of aryl methyl sites for hydroxylation is 2. The average molecular weight is 515 g/mol. The van der Waals surface area contributed by atoms with Crippen molar-refractivity contribution >= 4 is 40.6 Å². The van der Waals surface area contributed by atoms with Gasteiger partial charge in [0.15, 0.2) is 17.6 Å². The summed E-state index contributed by atoms with van der Waals surface area (Å²) in [7, 11) is 1.67. The Kier molecular flexibility index (Phi) is 7.82. The zero-order valence-electron chi connectivity index (χ0n) is 19.8. The standard InChI is InChI=1S/C24H27ClN6O3S/c1-15-4-5-18(12-16(15)2)34-13-22(32)31-10-8-17(9-11-31)24-26-19(14-35-24)23(33)29-30(3)21-7-6-20(25)27-28-21/h4-7,12,14,17H,8-11,13H2,1-3H3,(H,29,33). The summed E-state index contributed by atoms with van der Waals surface area (Å²) in [6.45, 7) is 5.37. The lowest BCUT2D eigenvalue weighted by Crippen LogP contribution is -2.40. The zero-order valence-corrected chi connectivity index (χ0v) is 21.4. The summed E-state index contributed by atoms with van der Waals surface area (Å²) in [6.07, 6.45) is 1.59. The predicted octanol–water partition coefficient (Wildman–Crippen LogP) is 3.77. The molecule has 184 valence electrons. The molecule has 1 fully saturated rings. The highest BCUT2D eigenvalue weighted by Crippen LogP contribution is 2.30. The maximum atomic E-state index is 12.6. The molecular weight excluding hydrogens is 488 g/mol. The number of rotatable bonds is 7. The number of amides is 2. The number of ether oxygens (including phenoxy) is 1. The molecule has 1 aliphatic rings. The summed E-state index contributed by atoms with van der Waals surface area (Å²) >= 11 is 7.22. The third-order valence-corrected chi connectivity index (χ3v) is 7.23. The Morgan fingerprint density at radius 1 is 1.17 bits per heavy atom. The highest BCUT2D eigenvalue weighted by atomic mass is 35.5. The van der Waals surface area contributed by atoms with Gasteiger partial charge in [-0.3, -0.25) is 20.0 Å². The molecule has 2 amide bonds. The van der Waals surface area contributed by atoms with Gasteiger partial charge in [-0.25, -0.2) is 4.98 Å². The molecule has 0 unspecified atom stereocenters. The fraction of sp³-hybridized carbons (Fsp3) is 0.375. The van der Waals surface area contributed by atoms with Gasteiger partial charge in [0.25, 0.3) is 11.8 Å². The molecule has 3 aromatic rings. The second kappa shape index (κ2) is 11.0. The fourth-order valence-corrected chi connectivity index (χ4v) is 4.82. The maximum Gasteiger partial charge on any atom is 0.289 e. The molecule has 35 heavy (non-hydrogen) atoms. The van der Waals surface area contributed by atoms with Gasteiger partial charge in [-0.2, -0.15) is 0 Å². The van der Waals surface area contributed by atoms with Crippen molar-refractivity contribution in [3.8, 4) is 5.75 Å². The number of likely N-dealkylation sites (tertiary alicyclic amines) is 1. The molecule has 3 heterocycles. The van der Waals surface area contributed by atoms with Gasteiger partial charge >= 0.3 is 0 Å². The molecule has 0 spiro atoms. The van der Waals surface area contributed by atoms with E-state index in [1.54, 1.807) is 24.6 Å². The second-order valence-electron chi connectivity index (χ2n) is 8.47. The Bertz CT molecular complexity index is 1190. The summed E-state index contributed by atoms with van der Waals surface area (Å²) in [4.78, 5) is 31.6. The minimum Gasteiger partial charge on any atom is -0.484 e. The molecule has 0 saturated carbocycles. The number of hydrogen-bond donors (Lipinski definition) is 1. The van der Waals surface area contributed by atoms with Gasteiger partial charge in [0.05, 0.1) is 5.01 Å². The molecular formula is C24H27ClN6O3S. The Morgan fingerprint density at radius 2 is 1.94 bits per heavy atom. The quantitative estimate of drug-likeness (QED) is 0.479. The molecule has 9 nitrogen and oxygen atoms in total. The number of aromatic nitrogens is 3. The van der Waals surface area contributed by atoms with Crippen LogP contribution in [0.1, 0.15) is 45.4 Å². The number of halogens is 1. The highest BCUT2D eigenvalue weighted by Gasteiger charge is 2.27. The lowest BCUT2D eigenvalue weighted by molar-refractivity contribution is -0.134. The number of anilines is 1. The van der Waals surface area contributed by atoms with E-state index in [1.165, 1.54) is 21.9 Å². The number of hydrogen-bond acceptors (Lipinski definition) is 8. The number of thiazole rings is 1. The Balaban J connectivity index is 1.26. The van der Waals surface area contributed by atoms with E-state index in [-0.39, 0.29) is 29.5 Å². The van der Waals surface area contributed by atoms with Gasteiger partial charge in [0.1, 0.15) is 11.4 Å². The number of carbonyl (C=O) groups excluding carboxylic acids is 2. The minimum absolute atomic E-state index is 0.0192. The average Bonchev–Trinajstić information content (AvgIpc) is 3.35. The molecule has 1 N–H and O–H groups in total. The van der Waals surface area contributed by atoms with Gasteiger partial charge in [-0.15, -0.1) is 21.5 Å². The van der Waals surface area contributed by atoms with Crippen LogP contribution in [-0.4, -0.2) is 58.6 Å². The molecule has 2 aromatic heterocycles. The molecule has 1 aliphatic heterocycles. The third-order valence-electron chi connectivity index (χ3n) is 6.02. The molecule has 0 bridgehead atoms. The molecule has 1 aromatic carbocycles. The molecule has 4 rings (SSSR count). The number of carbonyl (C=O) groups is 2. The van der Waals surface area contributed by atoms with E-state index in [4.69, 9.17) is 16.3 Å². The van der Waals surface area contributed by atoms with Crippen molar-refractivity contribution in [2.75, 3.05) is 31.8 Å². The van der Waals surface area contributed by atoms with E-state index in [0.717, 1.165) is 23.4 Å². The van der Waals surface area contributed by atoms with Crippen molar-refractivity contribution in [1.29, 1.82) is 0 Å². The largest absolute Gasteiger partial charge is 0.484 e. The SMILES string of the molecule is Cc1ccc(OCC(=O)N2CCC(c3nc(C(=O)NN(C)c4ccc(Cl)nn4)cs3)CC2)cc1C. The van der Waals surface area contributed by atoms with Gasteiger partial charge in [-0.1, -0.05) is 17.7 Å². The molecule has 0 aliphatic carbocycles. The van der Waals surface area contributed by atoms with Gasteiger partial charge in [-0.05, 0) is 62.1 Å². The predicted molar refractivity (Wildman–Crippen MR) is 135 cm³/mol. The lowest BCUT2D eigenvalue weighted by atomic mass is 9.97. The molecule has 0 radical (unpaired) electrons. The van der Waals surface area contributed by atoms with Crippen LogP contribution in [-0.2, 0) is 4.79 Å². The van der Waals surface area contributed by atoms with Crippen LogP contribution in [0.25, 0.3) is 0 Å². The Labute approximate surface area is 213 Å². The summed E-state index contributed by atoms with van der Waals surface area (Å²) < 4.78 is 5.70. The zero-order chi connectivity index (χ0) is 24.9. The summed E-state index contributed by atoms with van der Waals surface area (Å²) in [6, 6.07) is 9.08. The van der Waals surface area contributed by atoms with Crippen LogP contribution in [0.4, 0.5) is 5.82 Å². The van der Waals surface area contributed by atoms with Crippen LogP contribution in [0.2, 0.25) is 5.15 Å². The van der Waals surface area contributed by atoms with E-state index in [9.17, 15) is 9.59 Å². The van der Waals surface area contributed by atoms with E-state index >= 15 is 0 Å². The minimum atomic E-state index is -0.331. The van der Waals surface area contributed by atoms with Crippen LogP contribution < -0.4 is 15.2 Å². The number of hydrazine groups is 1. The van der Waals surface area contributed by atoms with Crippen molar-refractivity contribution < 1.29 is 14.3 Å². The molecule has 11 heteroatoms. The maximum absolute atomic E-state index is 12.6. The van der Waals surface area contributed by atoms with Crippen molar-refractivity contribution in [3.05, 3.63) is 62.7 Å². The van der Waals surface area contributed by atoms with Crippen LogP contribution in [0.15, 0.2) is 35.7 Å². The van der Waals surface area contributed by atoms with E-state index in [0.29, 0.717) is 30.4 Å². The monoisotopic (exact) mass is 514 g/mol. The lowest BCUT2D eigenvalue weighted by Gasteiger charge is -2.31. The summed E-state index contributed by atoms with van der Waals surface area (Å²) in [5.41, 5.74) is 5.40. The first-order valence-corrected chi connectivity index (χ1v) is 12.5. The first kappa shape index (κ1) is 24.9. The fourth-order valence-electron chi connectivity index (χ4n) is 3.75. The first-order valence-electron chi connectivity index (χ1n) is 11.3. The number of nitrogens with zero attached hydrogens (tertiary/aromatic N) is 5. The number of piperidine rings is 1. The third kappa shape index (κ3) is 6.26. The molecule has 0 atom stereocenters. The smallest absolute Gasteiger partial charge is 0.289 e. The van der Waals surface area contributed by atoms with Crippen LogP contribution in [0.3, 0.4) is 0 Å². The topological polar surface area (TPSA) is 101 Å². The van der Waals surface area contributed by atoms with Crippen molar-refractivity contribution in [1.82, 2.24) is 25.5 Å². The second-order valence-corrected chi connectivity index (χ2v) is 9.75. The number of nitrogens with one attached hydrogen (secondary N) is 1.